The highest BCUT2D eigenvalue weighted by molar-refractivity contribution is 5.58. The molecule has 0 unspecified atom stereocenters. The first kappa shape index (κ1) is 14.2. The van der Waals surface area contributed by atoms with Gasteiger partial charge in [0.2, 0.25) is 0 Å². The predicted molar refractivity (Wildman–Crippen MR) is 72.3 cm³/mol. The fourth-order valence-corrected chi connectivity index (χ4v) is 1.81. The first-order chi connectivity index (χ1) is 9.47. The average Bonchev–Trinajstić information content (AvgIpc) is 2.40. The summed E-state index contributed by atoms with van der Waals surface area (Å²) in [5, 5.41) is 2.95. The smallest absolute Gasteiger partial charge is 0.398 e. The van der Waals surface area contributed by atoms with E-state index in [1.165, 1.54) is 12.1 Å². The quantitative estimate of drug-likeness (QED) is 0.845. The van der Waals surface area contributed by atoms with Crippen LogP contribution in [0.4, 0.5) is 24.5 Å². The third-order valence-corrected chi connectivity index (χ3v) is 2.82. The van der Waals surface area contributed by atoms with E-state index in [-0.39, 0.29) is 5.69 Å². The van der Waals surface area contributed by atoms with E-state index >= 15 is 0 Å². The van der Waals surface area contributed by atoms with Crippen molar-refractivity contribution in [2.45, 2.75) is 12.6 Å². The normalized spacial score (nSPS) is 11.3. The van der Waals surface area contributed by atoms with E-state index in [1.807, 2.05) is 12.1 Å². The van der Waals surface area contributed by atoms with Gasteiger partial charge >= 0.3 is 6.18 Å². The molecule has 0 saturated heterocycles. The molecule has 0 amide bonds. The lowest BCUT2D eigenvalue weighted by molar-refractivity contribution is -0.136. The Morgan fingerprint density at radius 3 is 2.65 bits per heavy atom. The number of aromatic nitrogens is 1. The molecule has 0 atom stereocenters. The number of nitrogens with zero attached hydrogens (tertiary/aromatic N) is 1. The summed E-state index contributed by atoms with van der Waals surface area (Å²) in [5.41, 5.74) is 5.67. The fraction of sp³-hybridized carbons (Fsp3) is 0.214. The van der Waals surface area contributed by atoms with Gasteiger partial charge in [-0.3, -0.25) is 4.98 Å². The molecule has 6 heteroatoms. The van der Waals surface area contributed by atoms with Gasteiger partial charge in [0, 0.05) is 30.3 Å². The van der Waals surface area contributed by atoms with Crippen molar-refractivity contribution in [1.29, 1.82) is 0 Å². The molecule has 3 nitrogen and oxygen atoms in total. The maximum atomic E-state index is 12.7. The van der Waals surface area contributed by atoms with E-state index in [0.717, 1.165) is 11.6 Å². The van der Waals surface area contributed by atoms with Gasteiger partial charge < -0.3 is 11.1 Å². The molecule has 0 aliphatic rings. The van der Waals surface area contributed by atoms with Crippen molar-refractivity contribution < 1.29 is 13.2 Å². The lowest BCUT2D eigenvalue weighted by atomic mass is 10.1. The summed E-state index contributed by atoms with van der Waals surface area (Å²) < 4.78 is 38.1. The summed E-state index contributed by atoms with van der Waals surface area (Å²) in [5.74, 6) is 0. The standard InChI is InChI=1S/C14H14F3N3/c15-14(16,17)12-8-11(3-4-13(12)18)20-7-5-10-2-1-6-19-9-10/h1-4,6,8-9,20H,5,7,18H2. The van der Waals surface area contributed by atoms with E-state index in [2.05, 4.69) is 10.3 Å². The maximum absolute atomic E-state index is 12.7. The van der Waals surface area contributed by atoms with E-state index in [4.69, 9.17) is 5.73 Å². The Kier molecular flexibility index (Phi) is 4.12. The zero-order valence-electron chi connectivity index (χ0n) is 10.6. The van der Waals surface area contributed by atoms with Gasteiger partial charge in [-0.25, -0.2) is 0 Å². The molecule has 0 fully saturated rings. The molecule has 0 radical (unpaired) electrons. The molecule has 0 aliphatic heterocycles. The molecule has 0 spiro atoms. The molecular weight excluding hydrogens is 267 g/mol. The van der Waals surface area contributed by atoms with Crippen LogP contribution in [0, 0.1) is 0 Å². The topological polar surface area (TPSA) is 50.9 Å². The number of rotatable bonds is 4. The zero-order valence-corrected chi connectivity index (χ0v) is 10.6. The van der Waals surface area contributed by atoms with Gasteiger partial charge in [-0.15, -0.1) is 0 Å². The van der Waals surface area contributed by atoms with E-state index < -0.39 is 11.7 Å². The minimum atomic E-state index is -4.44. The minimum absolute atomic E-state index is 0.268. The molecule has 2 aromatic rings. The van der Waals surface area contributed by atoms with Crippen LogP contribution < -0.4 is 11.1 Å². The Labute approximate surface area is 114 Å². The van der Waals surface area contributed by atoms with Crippen LogP contribution in [0.15, 0.2) is 42.7 Å². The Morgan fingerprint density at radius 2 is 2.00 bits per heavy atom. The highest BCUT2D eigenvalue weighted by Crippen LogP contribution is 2.35. The van der Waals surface area contributed by atoms with Crippen molar-refractivity contribution in [2.75, 3.05) is 17.6 Å². The molecule has 1 heterocycles. The van der Waals surface area contributed by atoms with Crippen molar-refractivity contribution in [3.63, 3.8) is 0 Å². The van der Waals surface area contributed by atoms with Gasteiger partial charge in [0.05, 0.1) is 5.56 Å². The van der Waals surface area contributed by atoms with Gasteiger partial charge in [-0.05, 0) is 36.2 Å². The van der Waals surface area contributed by atoms with Crippen molar-refractivity contribution in [3.05, 3.63) is 53.9 Å². The van der Waals surface area contributed by atoms with Crippen LogP contribution in [0.25, 0.3) is 0 Å². The lowest BCUT2D eigenvalue weighted by Gasteiger charge is -2.13. The highest BCUT2D eigenvalue weighted by Gasteiger charge is 2.33. The largest absolute Gasteiger partial charge is 0.418 e. The minimum Gasteiger partial charge on any atom is -0.398 e. The van der Waals surface area contributed by atoms with Crippen LogP contribution in [-0.4, -0.2) is 11.5 Å². The number of pyridine rings is 1. The van der Waals surface area contributed by atoms with E-state index in [9.17, 15) is 13.2 Å². The summed E-state index contributed by atoms with van der Waals surface area (Å²) in [6.45, 7) is 0.521. The summed E-state index contributed by atoms with van der Waals surface area (Å²) in [6, 6.07) is 7.56. The number of halogens is 3. The number of hydrogen-bond acceptors (Lipinski definition) is 3. The Bertz CT molecular complexity index is 568. The lowest BCUT2D eigenvalue weighted by Crippen LogP contribution is -2.11. The van der Waals surface area contributed by atoms with Gasteiger partial charge in [-0.2, -0.15) is 13.2 Å². The Morgan fingerprint density at radius 1 is 1.20 bits per heavy atom. The second kappa shape index (κ2) is 5.81. The number of nitrogen functional groups attached to an aromatic ring is 1. The number of alkyl halides is 3. The van der Waals surface area contributed by atoms with Crippen molar-refractivity contribution >= 4 is 11.4 Å². The van der Waals surface area contributed by atoms with Gasteiger partial charge in [0.15, 0.2) is 0 Å². The molecule has 0 bridgehead atoms. The van der Waals surface area contributed by atoms with Gasteiger partial charge in [-0.1, -0.05) is 6.07 Å². The molecule has 0 saturated carbocycles. The molecular formula is C14H14F3N3. The highest BCUT2D eigenvalue weighted by atomic mass is 19.4. The predicted octanol–water partition coefficient (Wildman–Crippen LogP) is 3.34. The van der Waals surface area contributed by atoms with Crippen LogP contribution in [0.1, 0.15) is 11.1 Å². The molecule has 3 N–H and O–H groups in total. The van der Waals surface area contributed by atoms with Crippen LogP contribution in [0.2, 0.25) is 0 Å². The van der Waals surface area contributed by atoms with Crippen molar-refractivity contribution in [3.8, 4) is 0 Å². The van der Waals surface area contributed by atoms with E-state index in [0.29, 0.717) is 18.7 Å². The molecule has 106 valence electrons. The Hall–Kier alpha value is -2.24. The fourth-order valence-electron chi connectivity index (χ4n) is 1.81. The van der Waals surface area contributed by atoms with Crippen molar-refractivity contribution in [1.82, 2.24) is 4.98 Å². The first-order valence-corrected chi connectivity index (χ1v) is 6.06. The van der Waals surface area contributed by atoms with Crippen LogP contribution >= 0.6 is 0 Å². The number of hydrogen-bond donors (Lipinski definition) is 2. The van der Waals surface area contributed by atoms with Gasteiger partial charge in [0.25, 0.3) is 0 Å². The van der Waals surface area contributed by atoms with Crippen LogP contribution in [0.3, 0.4) is 0 Å². The van der Waals surface area contributed by atoms with Crippen LogP contribution in [-0.2, 0) is 12.6 Å². The number of benzene rings is 1. The van der Waals surface area contributed by atoms with Crippen molar-refractivity contribution in [2.24, 2.45) is 0 Å². The van der Waals surface area contributed by atoms with E-state index in [1.54, 1.807) is 12.4 Å². The average molecular weight is 281 g/mol. The number of nitrogens with two attached hydrogens (primary N) is 1. The molecule has 20 heavy (non-hydrogen) atoms. The first-order valence-electron chi connectivity index (χ1n) is 6.06. The summed E-state index contributed by atoms with van der Waals surface area (Å²) in [4.78, 5) is 3.98. The molecule has 2 rings (SSSR count). The number of anilines is 2. The summed E-state index contributed by atoms with van der Waals surface area (Å²) in [7, 11) is 0. The summed E-state index contributed by atoms with van der Waals surface area (Å²) >= 11 is 0. The molecule has 1 aromatic carbocycles. The Balaban J connectivity index is 2.00. The van der Waals surface area contributed by atoms with Gasteiger partial charge in [0.1, 0.15) is 0 Å². The molecule has 0 aliphatic carbocycles. The zero-order chi connectivity index (χ0) is 14.6. The maximum Gasteiger partial charge on any atom is 0.418 e. The second-order valence-electron chi connectivity index (χ2n) is 4.34. The SMILES string of the molecule is Nc1ccc(NCCc2cccnc2)cc1C(F)(F)F. The monoisotopic (exact) mass is 281 g/mol. The van der Waals surface area contributed by atoms with Crippen LogP contribution in [0.5, 0.6) is 0 Å². The summed E-state index contributed by atoms with van der Waals surface area (Å²) in [6.07, 6.45) is -0.358. The third kappa shape index (κ3) is 3.63. The second-order valence-corrected chi connectivity index (χ2v) is 4.34. The third-order valence-electron chi connectivity index (χ3n) is 2.82. The number of nitrogens with one attached hydrogen (secondary N) is 1. The molecule has 1 aromatic heterocycles.